The number of rotatable bonds is 2. The molecule has 1 aromatic carbocycles. The molecule has 0 amide bonds. The molecule has 2 aromatic rings. The maximum atomic E-state index is 13.4. The van der Waals surface area contributed by atoms with Crippen molar-refractivity contribution in [1.29, 1.82) is 0 Å². The van der Waals surface area contributed by atoms with Crippen molar-refractivity contribution in [2.45, 2.75) is 65.3 Å². The molecule has 1 heterocycles. The first-order valence-corrected chi connectivity index (χ1v) is 10.8. The SMILES string of the molecule is Cc1c(C(O)=C2C(=O)CCC(C)(C)C2=O)ccc2c1c(=O)n(C1CCCC1)c(=O)n2C. The number of Topliss-reactive ketones (excluding diaryl/α,β-unsaturated/α-hetero) is 2. The second-order valence-electron chi connectivity index (χ2n) is 9.45. The zero-order valence-corrected chi connectivity index (χ0v) is 18.4. The summed E-state index contributed by atoms with van der Waals surface area (Å²) in [5.41, 5.74) is -0.470. The largest absolute Gasteiger partial charge is 0.506 e. The van der Waals surface area contributed by atoms with Crippen LogP contribution in [0.15, 0.2) is 27.3 Å². The van der Waals surface area contributed by atoms with Gasteiger partial charge in [-0.15, -0.1) is 0 Å². The van der Waals surface area contributed by atoms with Crippen molar-refractivity contribution in [1.82, 2.24) is 9.13 Å². The molecule has 2 fully saturated rings. The summed E-state index contributed by atoms with van der Waals surface area (Å²) in [6.45, 7) is 5.21. The average molecular weight is 424 g/mol. The summed E-state index contributed by atoms with van der Waals surface area (Å²) < 4.78 is 2.78. The van der Waals surface area contributed by atoms with Crippen LogP contribution in [0.4, 0.5) is 0 Å². The molecule has 4 rings (SSSR count). The van der Waals surface area contributed by atoms with Crippen LogP contribution in [0.3, 0.4) is 0 Å². The van der Waals surface area contributed by atoms with Crippen LogP contribution in [-0.2, 0) is 16.6 Å². The first kappa shape index (κ1) is 21.3. The van der Waals surface area contributed by atoms with Gasteiger partial charge in [0.25, 0.3) is 5.56 Å². The molecule has 0 bridgehead atoms. The number of ketones is 2. The van der Waals surface area contributed by atoms with E-state index in [-0.39, 0.29) is 52.2 Å². The maximum Gasteiger partial charge on any atom is 0.331 e. The van der Waals surface area contributed by atoms with Gasteiger partial charge in [0.2, 0.25) is 0 Å². The van der Waals surface area contributed by atoms with Crippen molar-refractivity contribution >= 4 is 28.2 Å². The zero-order chi connectivity index (χ0) is 22.7. The maximum absolute atomic E-state index is 13.4. The van der Waals surface area contributed by atoms with Crippen LogP contribution in [0.5, 0.6) is 0 Å². The lowest BCUT2D eigenvalue weighted by Gasteiger charge is -2.29. The molecule has 164 valence electrons. The summed E-state index contributed by atoms with van der Waals surface area (Å²) in [5.74, 6) is -1.16. The number of aliphatic hydroxyl groups excluding tert-OH is 1. The van der Waals surface area contributed by atoms with E-state index in [1.165, 1.54) is 9.13 Å². The highest BCUT2D eigenvalue weighted by molar-refractivity contribution is 6.27. The Morgan fingerprint density at radius 3 is 2.39 bits per heavy atom. The standard InChI is InChI=1S/C24H28N2O5/c1-13-15(20(28)19-17(27)11-12-24(2,3)21(19)29)9-10-16-18(13)22(30)26(23(31)25(16)4)14-7-5-6-8-14/h9-10,14,28H,5-8,11-12H2,1-4H3. The Morgan fingerprint density at radius 1 is 1.10 bits per heavy atom. The summed E-state index contributed by atoms with van der Waals surface area (Å²) >= 11 is 0. The molecule has 0 unspecified atom stereocenters. The number of fused-ring (bicyclic) bond motifs is 1. The Hall–Kier alpha value is -2.96. The van der Waals surface area contributed by atoms with E-state index in [0.29, 0.717) is 22.9 Å². The van der Waals surface area contributed by atoms with Crippen LogP contribution in [0.1, 0.15) is 69.5 Å². The number of carbonyl (C=O) groups is 2. The molecule has 1 N–H and O–H groups in total. The highest BCUT2D eigenvalue weighted by Crippen LogP contribution is 2.37. The number of aliphatic hydroxyl groups is 1. The van der Waals surface area contributed by atoms with E-state index < -0.39 is 5.41 Å². The van der Waals surface area contributed by atoms with Gasteiger partial charge in [-0.25, -0.2) is 4.79 Å². The lowest BCUT2D eigenvalue weighted by atomic mass is 9.72. The van der Waals surface area contributed by atoms with Gasteiger partial charge in [-0.05, 0) is 43.9 Å². The third-order valence-electron chi connectivity index (χ3n) is 7.01. The third kappa shape index (κ3) is 3.18. The number of aryl methyl sites for hydroxylation is 2. The molecule has 2 saturated carbocycles. The van der Waals surface area contributed by atoms with Gasteiger partial charge < -0.3 is 5.11 Å². The Labute approximate surface area is 180 Å². The second kappa shape index (κ2) is 7.32. The predicted molar refractivity (Wildman–Crippen MR) is 118 cm³/mol. The molecule has 1 aromatic heterocycles. The van der Waals surface area contributed by atoms with Crippen LogP contribution in [0.2, 0.25) is 0 Å². The molecular formula is C24H28N2O5. The molecular weight excluding hydrogens is 396 g/mol. The molecule has 0 aliphatic heterocycles. The number of carbonyl (C=O) groups excluding carboxylic acids is 2. The van der Waals surface area contributed by atoms with Crippen molar-refractivity contribution in [3.05, 3.63) is 49.7 Å². The Bertz CT molecular complexity index is 1270. The van der Waals surface area contributed by atoms with Crippen LogP contribution in [-0.4, -0.2) is 25.8 Å². The van der Waals surface area contributed by atoms with E-state index in [1.54, 1.807) is 40.0 Å². The van der Waals surface area contributed by atoms with Crippen molar-refractivity contribution < 1.29 is 14.7 Å². The fourth-order valence-corrected chi connectivity index (χ4v) is 4.96. The highest BCUT2D eigenvalue weighted by atomic mass is 16.3. The minimum Gasteiger partial charge on any atom is -0.506 e. The Balaban J connectivity index is 2.00. The molecule has 0 saturated heterocycles. The summed E-state index contributed by atoms with van der Waals surface area (Å²) in [6, 6.07) is 3.04. The smallest absolute Gasteiger partial charge is 0.331 e. The number of hydrogen-bond acceptors (Lipinski definition) is 5. The summed E-state index contributed by atoms with van der Waals surface area (Å²) in [4.78, 5) is 51.7. The van der Waals surface area contributed by atoms with Gasteiger partial charge in [0, 0.05) is 30.5 Å². The van der Waals surface area contributed by atoms with Gasteiger partial charge in [-0.1, -0.05) is 26.7 Å². The Morgan fingerprint density at radius 2 is 1.74 bits per heavy atom. The predicted octanol–water partition coefficient (Wildman–Crippen LogP) is 3.35. The molecule has 31 heavy (non-hydrogen) atoms. The third-order valence-corrected chi connectivity index (χ3v) is 7.01. The fourth-order valence-electron chi connectivity index (χ4n) is 4.96. The quantitative estimate of drug-likeness (QED) is 0.453. The van der Waals surface area contributed by atoms with Crippen molar-refractivity contribution in [3.63, 3.8) is 0 Å². The molecule has 2 aliphatic carbocycles. The molecule has 0 spiro atoms. The lowest BCUT2D eigenvalue weighted by molar-refractivity contribution is -0.130. The normalized spacial score (nSPS) is 21.2. The number of hydrogen-bond donors (Lipinski definition) is 1. The highest BCUT2D eigenvalue weighted by Gasteiger charge is 2.40. The lowest BCUT2D eigenvalue weighted by Crippen LogP contribution is -2.41. The number of nitrogens with zero attached hydrogens (tertiary/aromatic N) is 2. The van der Waals surface area contributed by atoms with Gasteiger partial charge in [-0.2, -0.15) is 0 Å². The summed E-state index contributed by atoms with van der Waals surface area (Å²) in [6.07, 6.45) is 4.15. The molecule has 2 aliphatic rings. The van der Waals surface area contributed by atoms with E-state index in [4.69, 9.17) is 0 Å². The molecule has 7 heteroatoms. The Kier molecular flexibility index (Phi) is 5.03. The molecule has 0 radical (unpaired) electrons. The first-order valence-electron chi connectivity index (χ1n) is 10.8. The summed E-state index contributed by atoms with van der Waals surface area (Å²) in [5, 5.41) is 11.3. The minimum atomic E-state index is -0.735. The van der Waals surface area contributed by atoms with E-state index in [1.807, 2.05) is 0 Å². The molecule has 7 nitrogen and oxygen atoms in total. The minimum absolute atomic E-state index is 0.132. The van der Waals surface area contributed by atoms with Crippen molar-refractivity contribution in [2.75, 3.05) is 0 Å². The average Bonchev–Trinajstić information content (AvgIpc) is 3.24. The van der Waals surface area contributed by atoms with E-state index >= 15 is 0 Å². The number of aromatic nitrogens is 2. The summed E-state index contributed by atoms with van der Waals surface area (Å²) in [7, 11) is 1.63. The van der Waals surface area contributed by atoms with Gasteiger partial charge >= 0.3 is 5.69 Å². The number of allylic oxidation sites excluding steroid dienone is 1. The van der Waals surface area contributed by atoms with Crippen molar-refractivity contribution in [2.24, 2.45) is 12.5 Å². The van der Waals surface area contributed by atoms with Crippen LogP contribution in [0, 0.1) is 12.3 Å². The van der Waals surface area contributed by atoms with Gasteiger partial charge in [0.15, 0.2) is 11.6 Å². The van der Waals surface area contributed by atoms with E-state index in [2.05, 4.69) is 0 Å². The first-order chi connectivity index (χ1) is 14.6. The van der Waals surface area contributed by atoms with Crippen LogP contribution < -0.4 is 11.2 Å². The van der Waals surface area contributed by atoms with Crippen molar-refractivity contribution in [3.8, 4) is 0 Å². The fraction of sp³-hybridized carbons (Fsp3) is 0.500. The second-order valence-corrected chi connectivity index (χ2v) is 9.45. The monoisotopic (exact) mass is 424 g/mol. The van der Waals surface area contributed by atoms with Crippen LogP contribution >= 0.6 is 0 Å². The van der Waals surface area contributed by atoms with E-state index in [0.717, 1.165) is 25.7 Å². The van der Waals surface area contributed by atoms with Gasteiger partial charge in [-0.3, -0.25) is 23.5 Å². The molecule has 0 atom stereocenters. The van der Waals surface area contributed by atoms with Crippen LogP contribution in [0.25, 0.3) is 16.7 Å². The topological polar surface area (TPSA) is 98.4 Å². The zero-order valence-electron chi connectivity index (χ0n) is 18.4. The number of benzene rings is 1. The van der Waals surface area contributed by atoms with E-state index in [9.17, 15) is 24.3 Å². The van der Waals surface area contributed by atoms with Gasteiger partial charge in [0.1, 0.15) is 11.3 Å². The van der Waals surface area contributed by atoms with Gasteiger partial charge in [0.05, 0.1) is 10.9 Å².